The van der Waals surface area contributed by atoms with E-state index in [1.54, 1.807) is 24.3 Å². The second-order valence-electron chi connectivity index (χ2n) is 5.86. The van der Waals surface area contributed by atoms with Gasteiger partial charge in [0.2, 0.25) is 0 Å². The van der Waals surface area contributed by atoms with Crippen molar-refractivity contribution < 1.29 is 28.8 Å². The third kappa shape index (κ3) is 6.03. The van der Waals surface area contributed by atoms with Crippen LogP contribution < -0.4 is 15.4 Å². The topological polar surface area (TPSA) is 137 Å². The number of carbonyl (C=O) groups is 3. The van der Waals surface area contributed by atoms with Crippen LogP contribution in [0.3, 0.4) is 0 Å². The smallest absolute Gasteiger partial charge is 0.328 e. The number of esters is 1. The zero-order chi connectivity index (χ0) is 21.4. The van der Waals surface area contributed by atoms with E-state index in [-0.39, 0.29) is 11.3 Å². The molecule has 2 aromatic carbocycles. The third-order valence-electron chi connectivity index (χ3n) is 3.75. The van der Waals surface area contributed by atoms with Crippen LogP contribution in [0.2, 0.25) is 0 Å². The molecule has 1 atom stereocenters. The molecule has 0 fully saturated rings. The Labute approximate surface area is 166 Å². The van der Waals surface area contributed by atoms with E-state index in [0.29, 0.717) is 11.4 Å². The summed E-state index contributed by atoms with van der Waals surface area (Å²) in [5.74, 6) is -1.65. The van der Waals surface area contributed by atoms with Gasteiger partial charge >= 0.3 is 5.97 Å². The van der Waals surface area contributed by atoms with Crippen LogP contribution in [0.1, 0.15) is 17.3 Å². The molecule has 0 aliphatic heterocycles. The molecule has 0 aliphatic carbocycles. The Morgan fingerprint density at radius 1 is 1.14 bits per heavy atom. The summed E-state index contributed by atoms with van der Waals surface area (Å²) in [4.78, 5) is 46.3. The summed E-state index contributed by atoms with van der Waals surface area (Å²) in [5, 5.41) is 15.7. The van der Waals surface area contributed by atoms with E-state index in [1.807, 2.05) is 0 Å². The number of nitro benzene ring substituents is 1. The standard InChI is InChI=1S/C19H19N3O7/c1-12(20-18(24)13-6-5-7-14(10-13)22(26)27)19(25)29-11-17(23)21-15-8-3-4-9-16(15)28-2/h3-10,12H,11H2,1-2H3,(H,20,24)(H,21,23)/t12-/m0/s1. The lowest BCUT2D eigenvalue weighted by atomic mass is 10.2. The molecule has 2 rings (SSSR count). The number of non-ortho nitro benzene ring substituents is 1. The number of nitrogens with one attached hydrogen (secondary N) is 2. The maximum atomic E-state index is 12.1. The number of para-hydroxylation sites is 2. The number of ether oxygens (including phenoxy) is 2. The van der Waals surface area contributed by atoms with Crippen molar-refractivity contribution in [3.05, 3.63) is 64.2 Å². The van der Waals surface area contributed by atoms with Gasteiger partial charge in [0.15, 0.2) is 6.61 Å². The fourth-order valence-electron chi connectivity index (χ4n) is 2.30. The van der Waals surface area contributed by atoms with Gasteiger partial charge in [-0.15, -0.1) is 0 Å². The molecular weight excluding hydrogens is 382 g/mol. The van der Waals surface area contributed by atoms with Gasteiger partial charge in [-0.25, -0.2) is 4.79 Å². The van der Waals surface area contributed by atoms with Crippen molar-refractivity contribution in [3.63, 3.8) is 0 Å². The fraction of sp³-hybridized carbons (Fsp3) is 0.211. The maximum absolute atomic E-state index is 12.1. The van der Waals surface area contributed by atoms with Crippen LogP contribution in [0.15, 0.2) is 48.5 Å². The average molecular weight is 401 g/mol. The number of anilines is 1. The van der Waals surface area contributed by atoms with Gasteiger partial charge in [-0.3, -0.25) is 19.7 Å². The van der Waals surface area contributed by atoms with Gasteiger partial charge in [0.1, 0.15) is 11.8 Å². The summed E-state index contributed by atoms with van der Waals surface area (Å²) in [7, 11) is 1.46. The molecule has 10 nitrogen and oxygen atoms in total. The van der Waals surface area contributed by atoms with Crippen LogP contribution in [0.4, 0.5) is 11.4 Å². The second kappa shape index (κ2) is 9.83. The summed E-state index contributed by atoms with van der Waals surface area (Å²) in [6.07, 6.45) is 0. The first-order chi connectivity index (χ1) is 13.8. The van der Waals surface area contributed by atoms with Crippen molar-refractivity contribution >= 4 is 29.2 Å². The second-order valence-corrected chi connectivity index (χ2v) is 5.86. The van der Waals surface area contributed by atoms with Crippen molar-refractivity contribution in [1.82, 2.24) is 5.32 Å². The SMILES string of the molecule is COc1ccccc1NC(=O)COC(=O)[C@H](C)NC(=O)c1cccc([N+](=O)[O-])c1. The van der Waals surface area contributed by atoms with Crippen LogP contribution >= 0.6 is 0 Å². The number of rotatable bonds is 8. The Hall–Kier alpha value is -3.95. The first-order valence-electron chi connectivity index (χ1n) is 8.46. The number of nitrogens with zero attached hydrogens (tertiary/aromatic N) is 1. The van der Waals surface area contributed by atoms with Crippen molar-refractivity contribution in [1.29, 1.82) is 0 Å². The summed E-state index contributed by atoms with van der Waals surface area (Å²) in [6.45, 7) is 0.809. The zero-order valence-corrected chi connectivity index (χ0v) is 15.7. The number of benzene rings is 2. The molecule has 2 N–H and O–H groups in total. The molecule has 2 aromatic rings. The van der Waals surface area contributed by atoms with Gasteiger partial charge in [-0.05, 0) is 25.1 Å². The lowest BCUT2D eigenvalue weighted by Gasteiger charge is -2.14. The highest BCUT2D eigenvalue weighted by Crippen LogP contribution is 2.22. The van der Waals surface area contributed by atoms with Crippen molar-refractivity contribution in [3.8, 4) is 5.75 Å². The van der Waals surface area contributed by atoms with Crippen LogP contribution in [0.25, 0.3) is 0 Å². The van der Waals surface area contributed by atoms with Crippen LogP contribution in [0.5, 0.6) is 5.75 Å². The largest absolute Gasteiger partial charge is 0.495 e. The maximum Gasteiger partial charge on any atom is 0.328 e. The summed E-state index contributed by atoms with van der Waals surface area (Å²) >= 11 is 0. The Morgan fingerprint density at radius 2 is 1.86 bits per heavy atom. The number of hydrogen-bond acceptors (Lipinski definition) is 7. The lowest BCUT2D eigenvalue weighted by Crippen LogP contribution is -2.40. The minimum Gasteiger partial charge on any atom is -0.495 e. The highest BCUT2D eigenvalue weighted by atomic mass is 16.6. The Morgan fingerprint density at radius 3 is 2.55 bits per heavy atom. The van der Waals surface area contributed by atoms with Gasteiger partial charge in [-0.1, -0.05) is 18.2 Å². The predicted octanol–water partition coefficient (Wildman–Crippen LogP) is 1.90. The zero-order valence-electron chi connectivity index (χ0n) is 15.7. The number of carbonyl (C=O) groups excluding carboxylic acids is 3. The van der Waals surface area contributed by atoms with Gasteiger partial charge in [-0.2, -0.15) is 0 Å². The summed E-state index contributed by atoms with van der Waals surface area (Å²) in [6, 6.07) is 10.7. The lowest BCUT2D eigenvalue weighted by molar-refractivity contribution is -0.384. The molecule has 0 saturated heterocycles. The minimum absolute atomic E-state index is 0.0211. The molecule has 0 heterocycles. The molecular formula is C19H19N3O7. The monoisotopic (exact) mass is 401 g/mol. The van der Waals surface area contributed by atoms with Crippen LogP contribution in [0, 0.1) is 10.1 Å². The molecule has 0 saturated carbocycles. The Balaban J connectivity index is 1.87. The van der Waals surface area contributed by atoms with E-state index in [1.165, 1.54) is 32.2 Å². The average Bonchev–Trinajstić information content (AvgIpc) is 2.72. The number of methoxy groups -OCH3 is 1. The molecule has 0 radical (unpaired) electrons. The van der Waals surface area contributed by atoms with Crippen molar-refractivity contribution in [2.45, 2.75) is 13.0 Å². The highest BCUT2D eigenvalue weighted by molar-refractivity contribution is 5.98. The number of amides is 2. The van der Waals surface area contributed by atoms with E-state index in [2.05, 4.69) is 10.6 Å². The molecule has 10 heteroatoms. The van der Waals surface area contributed by atoms with Crippen LogP contribution in [-0.4, -0.2) is 42.5 Å². The van der Waals surface area contributed by atoms with E-state index in [9.17, 15) is 24.5 Å². The minimum atomic E-state index is -1.07. The molecule has 0 spiro atoms. The quantitative estimate of drug-likeness (QED) is 0.391. The van der Waals surface area contributed by atoms with Crippen molar-refractivity contribution in [2.75, 3.05) is 19.0 Å². The van der Waals surface area contributed by atoms with E-state index >= 15 is 0 Å². The van der Waals surface area contributed by atoms with E-state index in [0.717, 1.165) is 6.07 Å². The molecule has 2 amide bonds. The van der Waals surface area contributed by atoms with Crippen molar-refractivity contribution in [2.24, 2.45) is 0 Å². The molecule has 29 heavy (non-hydrogen) atoms. The predicted molar refractivity (Wildman–Crippen MR) is 103 cm³/mol. The molecule has 0 bridgehead atoms. The molecule has 0 aromatic heterocycles. The number of nitro groups is 1. The first kappa shape index (κ1) is 21.4. The third-order valence-corrected chi connectivity index (χ3v) is 3.75. The summed E-state index contributed by atoms with van der Waals surface area (Å²) in [5.41, 5.74) is 0.191. The van der Waals surface area contributed by atoms with Gasteiger partial charge < -0.3 is 20.1 Å². The fourth-order valence-corrected chi connectivity index (χ4v) is 2.30. The molecule has 0 unspecified atom stereocenters. The summed E-state index contributed by atoms with van der Waals surface area (Å²) < 4.78 is 10.0. The van der Waals surface area contributed by atoms with Gasteiger partial charge in [0.25, 0.3) is 17.5 Å². The Kier molecular flexibility index (Phi) is 7.24. The van der Waals surface area contributed by atoms with Gasteiger partial charge in [0.05, 0.1) is 17.7 Å². The van der Waals surface area contributed by atoms with Gasteiger partial charge in [0, 0.05) is 17.7 Å². The molecule has 0 aliphatic rings. The normalized spacial score (nSPS) is 11.1. The van der Waals surface area contributed by atoms with Crippen LogP contribution in [-0.2, 0) is 14.3 Å². The van der Waals surface area contributed by atoms with E-state index in [4.69, 9.17) is 9.47 Å². The molecule has 152 valence electrons. The Bertz CT molecular complexity index is 930. The number of hydrogen-bond donors (Lipinski definition) is 2. The highest BCUT2D eigenvalue weighted by Gasteiger charge is 2.20. The van der Waals surface area contributed by atoms with E-state index < -0.39 is 35.4 Å². The first-order valence-corrected chi connectivity index (χ1v) is 8.46.